The topological polar surface area (TPSA) is 91.8 Å². The molecule has 1 amide bonds. The Morgan fingerprint density at radius 3 is 2.31 bits per heavy atom. The van der Waals surface area contributed by atoms with Gasteiger partial charge < -0.3 is 9.64 Å². The second kappa shape index (κ2) is 11.8. The van der Waals surface area contributed by atoms with Crippen LogP contribution >= 0.6 is 0 Å². The summed E-state index contributed by atoms with van der Waals surface area (Å²) in [6.45, 7) is 13.9. The summed E-state index contributed by atoms with van der Waals surface area (Å²) in [5.74, 6) is 0.170. The van der Waals surface area contributed by atoms with E-state index in [1.807, 2.05) is 31.3 Å². The monoisotopic (exact) mass is 550 g/mol. The number of carbonyl (C=O) groups is 1. The van der Waals surface area contributed by atoms with E-state index in [1.54, 1.807) is 39.1 Å². The highest BCUT2D eigenvalue weighted by molar-refractivity contribution is 7.91. The van der Waals surface area contributed by atoms with E-state index in [1.165, 1.54) is 11.1 Å². The number of nitrogens with one attached hydrogen (secondary N) is 1. The molecule has 0 spiro atoms. The molecule has 2 aromatic carbocycles. The molecule has 39 heavy (non-hydrogen) atoms. The zero-order chi connectivity index (χ0) is 28.2. The van der Waals surface area contributed by atoms with Crippen molar-refractivity contribution >= 4 is 21.6 Å². The van der Waals surface area contributed by atoms with Crippen LogP contribution in [0.3, 0.4) is 0 Å². The fourth-order valence-electron chi connectivity index (χ4n) is 4.54. The van der Waals surface area contributed by atoms with Crippen molar-refractivity contribution in [1.82, 2.24) is 14.6 Å². The van der Waals surface area contributed by atoms with Crippen LogP contribution in [-0.4, -0.2) is 61.7 Å². The molecule has 0 radical (unpaired) electrons. The molecule has 1 N–H and O–H groups in total. The number of aryl methyl sites for hydroxylation is 1. The zero-order valence-corrected chi connectivity index (χ0v) is 24.2. The predicted molar refractivity (Wildman–Crippen MR) is 156 cm³/mol. The van der Waals surface area contributed by atoms with Crippen molar-refractivity contribution in [2.45, 2.75) is 45.9 Å². The van der Waals surface area contributed by atoms with E-state index in [-0.39, 0.29) is 0 Å². The van der Waals surface area contributed by atoms with E-state index < -0.39 is 20.7 Å². The number of benzene rings is 2. The highest BCUT2D eigenvalue weighted by atomic mass is 32.2. The molecule has 1 fully saturated rings. The summed E-state index contributed by atoms with van der Waals surface area (Å²) < 4.78 is 31.3. The number of hydrogen-bond acceptors (Lipinski definition) is 7. The average Bonchev–Trinajstić information content (AvgIpc) is 2.89. The third kappa shape index (κ3) is 6.96. The molecule has 8 nitrogen and oxygen atoms in total. The first-order valence-corrected chi connectivity index (χ1v) is 14.8. The molecule has 2 heterocycles. The molecule has 1 aliphatic rings. The molecule has 3 aromatic rings. The first kappa shape index (κ1) is 28.6. The van der Waals surface area contributed by atoms with E-state index in [9.17, 15) is 13.2 Å². The molecule has 1 aliphatic heterocycles. The van der Waals surface area contributed by atoms with Crippen LogP contribution in [-0.2, 0) is 16.6 Å². The van der Waals surface area contributed by atoms with Crippen molar-refractivity contribution in [3.8, 4) is 16.9 Å². The summed E-state index contributed by atoms with van der Waals surface area (Å²) in [4.78, 5) is 21.5. The van der Waals surface area contributed by atoms with Crippen LogP contribution in [0.5, 0.6) is 5.75 Å². The molecule has 9 heteroatoms. The van der Waals surface area contributed by atoms with Gasteiger partial charge in [-0.25, -0.2) is 13.1 Å². The van der Waals surface area contributed by atoms with Crippen LogP contribution in [0.25, 0.3) is 11.1 Å². The van der Waals surface area contributed by atoms with Gasteiger partial charge in [-0.15, -0.1) is 0 Å². The van der Waals surface area contributed by atoms with E-state index in [0.717, 1.165) is 55.3 Å². The minimum absolute atomic E-state index is 0.324. The Morgan fingerprint density at radius 2 is 1.69 bits per heavy atom. The van der Waals surface area contributed by atoms with Crippen molar-refractivity contribution in [3.05, 3.63) is 77.6 Å². The lowest BCUT2D eigenvalue weighted by atomic mass is 9.99. The van der Waals surface area contributed by atoms with Gasteiger partial charge in [-0.2, -0.15) is 0 Å². The molecule has 0 unspecified atom stereocenters. The second-order valence-corrected chi connectivity index (χ2v) is 13.3. The number of sulfonamides is 1. The highest BCUT2D eigenvalue weighted by Gasteiger charge is 2.31. The number of hydrogen-bond donors (Lipinski definition) is 1. The molecule has 0 atom stereocenters. The summed E-state index contributed by atoms with van der Waals surface area (Å²) >= 11 is 0. The Morgan fingerprint density at radius 1 is 1.00 bits per heavy atom. The minimum atomic E-state index is -3.75. The van der Waals surface area contributed by atoms with Crippen molar-refractivity contribution < 1.29 is 17.9 Å². The third-order valence-corrected chi connectivity index (χ3v) is 9.00. The second-order valence-electron chi connectivity index (χ2n) is 10.8. The van der Waals surface area contributed by atoms with E-state index in [0.29, 0.717) is 12.2 Å². The highest BCUT2D eigenvalue weighted by Crippen LogP contribution is 2.27. The Balaban J connectivity index is 1.32. The number of piperazine rings is 1. The van der Waals surface area contributed by atoms with E-state index in [4.69, 9.17) is 4.74 Å². The summed E-state index contributed by atoms with van der Waals surface area (Å²) in [6.07, 6.45) is 3.61. The first-order chi connectivity index (χ1) is 18.5. The van der Waals surface area contributed by atoms with E-state index in [2.05, 4.69) is 44.6 Å². The van der Waals surface area contributed by atoms with E-state index >= 15 is 0 Å². The summed E-state index contributed by atoms with van der Waals surface area (Å²) in [5, 5.41) is 0. The van der Waals surface area contributed by atoms with Crippen LogP contribution < -0.4 is 14.4 Å². The molecule has 0 saturated carbocycles. The summed E-state index contributed by atoms with van der Waals surface area (Å²) in [5.41, 5.74) is 6.04. The number of pyridine rings is 1. The maximum atomic E-state index is 12.5. The maximum absolute atomic E-state index is 12.5. The van der Waals surface area contributed by atoms with Gasteiger partial charge in [-0.05, 0) is 81.6 Å². The number of aromatic nitrogens is 1. The fourth-order valence-corrected chi connectivity index (χ4v) is 5.21. The maximum Gasteiger partial charge on any atom is 0.264 e. The van der Waals surface area contributed by atoms with Gasteiger partial charge in [0.25, 0.3) is 5.91 Å². The quantitative estimate of drug-likeness (QED) is 0.437. The lowest BCUT2D eigenvalue weighted by Crippen LogP contribution is -2.46. The number of amides is 1. The van der Waals surface area contributed by atoms with Crippen LogP contribution in [0.2, 0.25) is 0 Å². The molecular formula is C30H38N4O4S. The zero-order valence-electron chi connectivity index (χ0n) is 23.4. The van der Waals surface area contributed by atoms with Crippen LogP contribution in [0.15, 0.2) is 60.9 Å². The SMILES string of the molecule is CCOc1cncc(-c2ccc(CN3CCN(c4ccc(C(=O)NS(=O)(=O)C(C)(C)C)cc4)CC3)cc2C)c1. The van der Waals surface area contributed by atoms with Gasteiger partial charge in [0, 0.05) is 55.7 Å². The summed E-state index contributed by atoms with van der Waals surface area (Å²) in [6, 6.07) is 15.8. The van der Waals surface area contributed by atoms with Crippen molar-refractivity contribution in [2.75, 3.05) is 37.7 Å². The largest absolute Gasteiger partial charge is 0.492 e. The molecule has 1 aromatic heterocycles. The molecule has 1 saturated heterocycles. The Labute approximate surface area is 232 Å². The smallest absolute Gasteiger partial charge is 0.264 e. The number of anilines is 1. The van der Waals surface area contributed by atoms with Gasteiger partial charge in [0.1, 0.15) is 5.75 Å². The number of rotatable bonds is 8. The van der Waals surface area contributed by atoms with Crippen LogP contribution in [0.1, 0.15) is 49.2 Å². The van der Waals surface area contributed by atoms with Gasteiger partial charge >= 0.3 is 0 Å². The van der Waals surface area contributed by atoms with Gasteiger partial charge in [-0.1, -0.05) is 18.2 Å². The Kier molecular flexibility index (Phi) is 8.61. The van der Waals surface area contributed by atoms with Crippen LogP contribution in [0, 0.1) is 6.92 Å². The first-order valence-electron chi connectivity index (χ1n) is 13.3. The Hall–Kier alpha value is -3.43. The molecule has 0 bridgehead atoms. The van der Waals surface area contributed by atoms with Crippen molar-refractivity contribution in [2.24, 2.45) is 0 Å². The van der Waals surface area contributed by atoms with Gasteiger partial charge in [0.05, 0.1) is 17.6 Å². The fraction of sp³-hybridized carbons (Fsp3) is 0.400. The van der Waals surface area contributed by atoms with Crippen molar-refractivity contribution in [3.63, 3.8) is 0 Å². The van der Waals surface area contributed by atoms with Gasteiger partial charge in [0.15, 0.2) is 0 Å². The predicted octanol–water partition coefficient (Wildman–Crippen LogP) is 4.64. The lowest BCUT2D eigenvalue weighted by molar-refractivity contribution is 0.0980. The Bertz CT molecular complexity index is 1410. The average molecular weight is 551 g/mol. The number of nitrogens with zero attached hydrogens (tertiary/aromatic N) is 3. The summed E-state index contributed by atoms with van der Waals surface area (Å²) in [7, 11) is -3.75. The standard InChI is InChI=1S/C30H38N4O4S/c1-6-38-27-18-25(19-31-20-27)28-12-7-23(17-22(28)2)21-33-13-15-34(16-14-33)26-10-8-24(9-11-26)29(35)32-39(36,37)30(3,4)5/h7-12,17-20H,6,13-16,21H2,1-5H3,(H,32,35). The lowest BCUT2D eigenvalue weighted by Gasteiger charge is -2.36. The minimum Gasteiger partial charge on any atom is -0.492 e. The number of ether oxygens (including phenoxy) is 1. The molecule has 0 aliphatic carbocycles. The van der Waals surface area contributed by atoms with Gasteiger partial charge in [-0.3, -0.25) is 14.7 Å². The molecule has 208 valence electrons. The number of carbonyl (C=O) groups excluding carboxylic acids is 1. The molecular weight excluding hydrogens is 512 g/mol. The van der Waals surface area contributed by atoms with Crippen molar-refractivity contribution in [1.29, 1.82) is 0 Å². The van der Waals surface area contributed by atoms with Crippen LogP contribution in [0.4, 0.5) is 5.69 Å². The molecule has 4 rings (SSSR count). The van der Waals surface area contributed by atoms with Gasteiger partial charge in [0.2, 0.25) is 10.0 Å². The normalized spacial score (nSPS) is 14.7. The third-order valence-electron chi connectivity index (χ3n) is 6.93.